The fourth-order valence-electron chi connectivity index (χ4n) is 1.78. The second-order valence-electron chi connectivity index (χ2n) is 4.50. The van der Waals surface area contributed by atoms with Gasteiger partial charge in [-0.15, -0.1) is 0 Å². The number of sulfonamides is 1. The summed E-state index contributed by atoms with van der Waals surface area (Å²) in [5.74, 6) is -1.22. The number of amides is 1. The Morgan fingerprint density at radius 3 is 1.88 bits per heavy atom. The van der Waals surface area contributed by atoms with E-state index in [1.165, 1.54) is 24.3 Å². The summed E-state index contributed by atoms with van der Waals surface area (Å²) in [6, 6.07) is 9.12. The molecular weight excluding hydrogens is 342 g/mol. The van der Waals surface area contributed by atoms with Crippen LogP contribution >= 0.6 is 0 Å². The third-order valence-electron chi connectivity index (χ3n) is 2.87. The summed E-state index contributed by atoms with van der Waals surface area (Å²) in [7, 11) is -4.21. The number of nitrogens with zero attached hydrogens (tertiary/aromatic N) is 2. The van der Waals surface area contributed by atoms with Gasteiger partial charge in [-0.25, -0.2) is 13.1 Å². The molecule has 2 aromatic rings. The van der Waals surface area contributed by atoms with E-state index < -0.39 is 42.7 Å². The fourth-order valence-corrected chi connectivity index (χ4v) is 2.77. The highest BCUT2D eigenvalue weighted by Gasteiger charge is 2.23. The van der Waals surface area contributed by atoms with E-state index in [-0.39, 0.29) is 4.90 Å². The Morgan fingerprint density at radius 1 is 0.917 bits per heavy atom. The Bertz CT molecular complexity index is 894. The molecule has 10 nitrogen and oxygen atoms in total. The van der Waals surface area contributed by atoms with Gasteiger partial charge in [-0.3, -0.25) is 25.0 Å². The molecule has 0 aliphatic heterocycles. The minimum Gasteiger partial charge on any atom is -0.268 e. The zero-order valence-corrected chi connectivity index (χ0v) is 12.6. The van der Waals surface area contributed by atoms with Gasteiger partial charge in [-0.2, -0.15) is 0 Å². The predicted molar refractivity (Wildman–Crippen MR) is 80.8 cm³/mol. The normalized spacial score (nSPS) is 10.8. The molecule has 1 amide bonds. The lowest BCUT2D eigenvalue weighted by molar-refractivity contribution is -0.394. The van der Waals surface area contributed by atoms with Gasteiger partial charge in [0.2, 0.25) is 0 Å². The third kappa shape index (κ3) is 3.70. The third-order valence-corrected chi connectivity index (χ3v) is 4.21. The molecule has 0 unspecified atom stereocenters. The molecule has 0 fully saturated rings. The van der Waals surface area contributed by atoms with Crippen LogP contribution < -0.4 is 4.72 Å². The Balaban J connectivity index is 2.40. The molecule has 2 rings (SSSR count). The number of rotatable bonds is 5. The van der Waals surface area contributed by atoms with Crippen molar-refractivity contribution in [1.29, 1.82) is 0 Å². The molecule has 0 aromatic heterocycles. The molecule has 0 atom stereocenters. The first-order valence-electron chi connectivity index (χ1n) is 6.27. The van der Waals surface area contributed by atoms with Crippen LogP contribution in [-0.4, -0.2) is 24.2 Å². The second kappa shape index (κ2) is 6.42. The van der Waals surface area contributed by atoms with Gasteiger partial charge in [0.1, 0.15) is 0 Å². The number of non-ortho nitro benzene ring substituents is 2. The topological polar surface area (TPSA) is 150 Å². The van der Waals surface area contributed by atoms with Crippen LogP contribution in [0.3, 0.4) is 0 Å². The Morgan fingerprint density at radius 2 is 1.42 bits per heavy atom. The summed E-state index contributed by atoms with van der Waals surface area (Å²) >= 11 is 0. The van der Waals surface area contributed by atoms with Crippen molar-refractivity contribution >= 4 is 27.3 Å². The summed E-state index contributed by atoms with van der Waals surface area (Å²) in [5, 5.41) is 21.6. The van der Waals surface area contributed by atoms with Crippen molar-refractivity contribution in [2.75, 3.05) is 0 Å². The first kappa shape index (κ1) is 17.0. The Labute approximate surface area is 135 Å². The number of carbonyl (C=O) groups is 1. The predicted octanol–water partition coefficient (Wildman–Crippen LogP) is 1.62. The molecule has 0 bridgehead atoms. The monoisotopic (exact) mass is 351 g/mol. The van der Waals surface area contributed by atoms with E-state index in [1.54, 1.807) is 10.8 Å². The van der Waals surface area contributed by atoms with Crippen LogP contribution in [0.1, 0.15) is 10.4 Å². The van der Waals surface area contributed by atoms with Crippen molar-refractivity contribution in [3.05, 3.63) is 74.3 Å². The molecule has 124 valence electrons. The van der Waals surface area contributed by atoms with Gasteiger partial charge in [0.15, 0.2) is 0 Å². The Kier molecular flexibility index (Phi) is 4.55. The van der Waals surface area contributed by atoms with Crippen molar-refractivity contribution in [3.8, 4) is 0 Å². The average molecular weight is 351 g/mol. The van der Waals surface area contributed by atoms with Gasteiger partial charge < -0.3 is 0 Å². The lowest BCUT2D eigenvalue weighted by Gasteiger charge is -2.07. The molecule has 24 heavy (non-hydrogen) atoms. The summed E-state index contributed by atoms with van der Waals surface area (Å²) in [4.78, 5) is 31.6. The second-order valence-corrected chi connectivity index (χ2v) is 6.18. The number of hydrogen-bond acceptors (Lipinski definition) is 7. The largest absolute Gasteiger partial charge is 0.277 e. The number of nitrogens with one attached hydrogen (secondary N) is 1. The quantitative estimate of drug-likeness (QED) is 0.635. The maximum atomic E-state index is 12.1. The highest BCUT2D eigenvalue weighted by molar-refractivity contribution is 7.90. The van der Waals surface area contributed by atoms with Crippen LogP contribution in [0.4, 0.5) is 11.4 Å². The molecular formula is C13H9N3O7S. The number of hydrogen-bond donors (Lipinski definition) is 1. The average Bonchev–Trinajstić information content (AvgIpc) is 2.54. The molecule has 0 radical (unpaired) electrons. The van der Waals surface area contributed by atoms with Crippen LogP contribution in [0.15, 0.2) is 53.4 Å². The van der Waals surface area contributed by atoms with Crippen molar-refractivity contribution in [1.82, 2.24) is 4.72 Å². The van der Waals surface area contributed by atoms with Crippen LogP contribution in [0.5, 0.6) is 0 Å². The minimum absolute atomic E-state index is 0.196. The number of carbonyl (C=O) groups excluding carboxylic acids is 1. The minimum atomic E-state index is -4.21. The SMILES string of the molecule is O=C(NS(=O)(=O)c1ccccc1)c1cc([N+](=O)[O-])cc([N+](=O)[O-])c1. The lowest BCUT2D eigenvalue weighted by Crippen LogP contribution is -2.30. The molecule has 0 saturated heterocycles. The van der Waals surface area contributed by atoms with Gasteiger partial charge in [0.05, 0.1) is 26.4 Å². The molecule has 0 heterocycles. The number of benzene rings is 2. The summed E-state index contributed by atoms with van der Waals surface area (Å²) < 4.78 is 25.8. The molecule has 1 N–H and O–H groups in total. The zero-order chi connectivity index (χ0) is 17.9. The molecule has 2 aromatic carbocycles. The van der Waals surface area contributed by atoms with Gasteiger partial charge in [-0.1, -0.05) is 18.2 Å². The van der Waals surface area contributed by atoms with E-state index in [0.29, 0.717) is 6.07 Å². The molecule has 0 spiro atoms. The summed E-state index contributed by atoms with van der Waals surface area (Å²) in [6.07, 6.45) is 0. The highest BCUT2D eigenvalue weighted by atomic mass is 32.2. The van der Waals surface area contributed by atoms with E-state index in [1.807, 2.05) is 0 Å². The van der Waals surface area contributed by atoms with E-state index >= 15 is 0 Å². The maximum absolute atomic E-state index is 12.1. The highest BCUT2D eigenvalue weighted by Crippen LogP contribution is 2.23. The van der Waals surface area contributed by atoms with E-state index in [4.69, 9.17) is 0 Å². The first-order chi connectivity index (χ1) is 11.2. The summed E-state index contributed by atoms with van der Waals surface area (Å²) in [5.41, 5.74) is -1.92. The van der Waals surface area contributed by atoms with Crippen LogP contribution in [0.25, 0.3) is 0 Å². The molecule has 0 aliphatic rings. The van der Waals surface area contributed by atoms with Crippen molar-refractivity contribution in [3.63, 3.8) is 0 Å². The first-order valence-corrected chi connectivity index (χ1v) is 7.75. The van der Waals surface area contributed by atoms with Gasteiger partial charge in [-0.05, 0) is 12.1 Å². The van der Waals surface area contributed by atoms with E-state index in [2.05, 4.69) is 0 Å². The van der Waals surface area contributed by atoms with Crippen molar-refractivity contribution in [2.24, 2.45) is 0 Å². The molecule has 0 saturated carbocycles. The Hall–Kier alpha value is -3.34. The van der Waals surface area contributed by atoms with E-state index in [0.717, 1.165) is 12.1 Å². The van der Waals surface area contributed by atoms with Crippen molar-refractivity contribution in [2.45, 2.75) is 4.90 Å². The van der Waals surface area contributed by atoms with E-state index in [9.17, 15) is 33.4 Å². The van der Waals surface area contributed by atoms with Gasteiger partial charge >= 0.3 is 0 Å². The van der Waals surface area contributed by atoms with Crippen molar-refractivity contribution < 1.29 is 23.1 Å². The fraction of sp³-hybridized carbons (Fsp3) is 0. The smallest absolute Gasteiger partial charge is 0.268 e. The number of nitro benzene ring substituents is 2. The maximum Gasteiger partial charge on any atom is 0.277 e. The van der Waals surface area contributed by atoms with Crippen LogP contribution in [-0.2, 0) is 10.0 Å². The summed E-state index contributed by atoms with van der Waals surface area (Å²) in [6.45, 7) is 0. The van der Waals surface area contributed by atoms with Crippen LogP contribution in [0.2, 0.25) is 0 Å². The van der Waals surface area contributed by atoms with Crippen LogP contribution in [0, 0.1) is 20.2 Å². The molecule has 11 heteroatoms. The standard InChI is InChI=1S/C13H9N3O7S/c17-13(14-24(22,23)12-4-2-1-3-5-12)9-6-10(15(18)19)8-11(7-9)16(20)21/h1-8H,(H,14,17). The van der Waals surface area contributed by atoms with Gasteiger partial charge in [0, 0.05) is 12.1 Å². The zero-order valence-electron chi connectivity index (χ0n) is 11.8. The number of nitro groups is 2. The lowest BCUT2D eigenvalue weighted by atomic mass is 10.1. The molecule has 0 aliphatic carbocycles. The van der Waals surface area contributed by atoms with Gasteiger partial charge in [0.25, 0.3) is 27.3 Å².